The zero-order chi connectivity index (χ0) is 11.3. The Bertz CT molecular complexity index is 348. The molecular formula is C9H13O5P. The minimum absolute atomic E-state index is 0.0897. The molecule has 0 amide bonds. The average Bonchev–Trinajstić information content (AvgIpc) is 2.21. The van der Waals surface area contributed by atoms with Crippen LogP contribution in [0.4, 0.5) is 0 Å². The van der Waals surface area contributed by atoms with E-state index in [1.807, 2.05) is 0 Å². The number of rotatable bonds is 5. The summed E-state index contributed by atoms with van der Waals surface area (Å²) < 4.78 is 19.8. The minimum atomic E-state index is -3.87. The molecule has 0 aliphatic heterocycles. The summed E-state index contributed by atoms with van der Waals surface area (Å²) in [6.45, 7) is 0.0897. The van der Waals surface area contributed by atoms with Gasteiger partial charge >= 0.3 is 7.82 Å². The van der Waals surface area contributed by atoms with Crippen molar-refractivity contribution in [1.82, 2.24) is 0 Å². The van der Waals surface area contributed by atoms with E-state index in [1.165, 1.54) is 0 Å². The van der Waals surface area contributed by atoms with E-state index in [4.69, 9.17) is 10.00 Å². The van der Waals surface area contributed by atoms with Crippen LogP contribution in [0, 0.1) is 0 Å². The molecule has 1 unspecified atom stereocenters. The number of benzene rings is 1. The second-order valence-electron chi connectivity index (χ2n) is 2.90. The molecule has 0 aliphatic rings. The van der Waals surface area contributed by atoms with E-state index in [-0.39, 0.29) is 12.4 Å². The van der Waals surface area contributed by atoms with Crippen molar-refractivity contribution in [3.8, 4) is 5.75 Å². The standard InChI is InChI=1S/C9H13O5P/c1-13-15(11,12)14-7-6-8-2-4-9(10)5-3-8/h2-5,10H,6-7H2,1H3,(H,11,12). The van der Waals surface area contributed by atoms with Crippen molar-refractivity contribution in [2.75, 3.05) is 13.7 Å². The Kier molecular flexibility index (Phi) is 4.29. The van der Waals surface area contributed by atoms with Crippen molar-refractivity contribution in [3.63, 3.8) is 0 Å². The highest BCUT2D eigenvalue weighted by molar-refractivity contribution is 7.47. The normalized spacial score (nSPS) is 14.8. The van der Waals surface area contributed by atoms with Gasteiger partial charge in [-0.25, -0.2) is 4.57 Å². The Hall–Kier alpha value is -0.870. The van der Waals surface area contributed by atoms with Crippen LogP contribution in [-0.4, -0.2) is 23.7 Å². The van der Waals surface area contributed by atoms with E-state index in [0.717, 1.165) is 12.7 Å². The zero-order valence-electron chi connectivity index (χ0n) is 8.29. The number of phosphoric ester groups is 1. The molecule has 6 heteroatoms. The molecular weight excluding hydrogens is 219 g/mol. The maximum absolute atomic E-state index is 10.9. The zero-order valence-corrected chi connectivity index (χ0v) is 9.18. The third-order valence-electron chi connectivity index (χ3n) is 1.81. The van der Waals surface area contributed by atoms with E-state index < -0.39 is 7.82 Å². The third-order valence-corrected chi connectivity index (χ3v) is 2.78. The molecule has 0 radical (unpaired) electrons. The first-order valence-corrected chi connectivity index (χ1v) is 5.84. The van der Waals surface area contributed by atoms with Crippen LogP contribution in [0.2, 0.25) is 0 Å². The smallest absolute Gasteiger partial charge is 0.471 e. The van der Waals surface area contributed by atoms with E-state index in [2.05, 4.69) is 9.05 Å². The van der Waals surface area contributed by atoms with Crippen LogP contribution in [-0.2, 0) is 20.0 Å². The molecule has 1 aromatic carbocycles. The topological polar surface area (TPSA) is 76.0 Å². The fourth-order valence-corrected chi connectivity index (χ4v) is 1.42. The van der Waals surface area contributed by atoms with Crippen LogP contribution in [0.15, 0.2) is 24.3 Å². The Morgan fingerprint density at radius 1 is 1.33 bits per heavy atom. The summed E-state index contributed by atoms with van der Waals surface area (Å²) in [5.41, 5.74) is 0.906. The maximum atomic E-state index is 10.9. The molecule has 0 spiro atoms. The van der Waals surface area contributed by atoms with Gasteiger partial charge in [0.05, 0.1) is 6.61 Å². The van der Waals surface area contributed by atoms with Crippen molar-refractivity contribution < 1.29 is 23.6 Å². The van der Waals surface area contributed by atoms with Gasteiger partial charge in [0.1, 0.15) is 5.75 Å². The second-order valence-corrected chi connectivity index (χ2v) is 4.46. The monoisotopic (exact) mass is 232 g/mol. The highest BCUT2D eigenvalue weighted by atomic mass is 31.2. The number of phenolic OH excluding ortho intramolecular Hbond substituents is 1. The van der Waals surface area contributed by atoms with Gasteiger partial charge in [-0.1, -0.05) is 12.1 Å². The van der Waals surface area contributed by atoms with Gasteiger partial charge in [0.25, 0.3) is 0 Å². The summed E-state index contributed by atoms with van der Waals surface area (Å²) in [4.78, 5) is 8.92. The van der Waals surface area contributed by atoms with Gasteiger partial charge in [0.2, 0.25) is 0 Å². The quantitative estimate of drug-likeness (QED) is 0.755. The van der Waals surface area contributed by atoms with Gasteiger partial charge in [0.15, 0.2) is 0 Å². The summed E-state index contributed by atoms with van der Waals surface area (Å²) in [7, 11) is -2.76. The van der Waals surface area contributed by atoms with Crippen molar-refractivity contribution in [1.29, 1.82) is 0 Å². The van der Waals surface area contributed by atoms with Crippen molar-refractivity contribution in [3.05, 3.63) is 29.8 Å². The first-order valence-electron chi connectivity index (χ1n) is 4.34. The fraction of sp³-hybridized carbons (Fsp3) is 0.333. The lowest BCUT2D eigenvalue weighted by Crippen LogP contribution is -1.97. The molecule has 0 aromatic heterocycles. The first-order chi connectivity index (χ1) is 7.03. The number of hydrogen-bond acceptors (Lipinski definition) is 4. The van der Waals surface area contributed by atoms with Crippen LogP contribution in [0.1, 0.15) is 5.56 Å². The van der Waals surface area contributed by atoms with E-state index in [9.17, 15) is 4.57 Å². The van der Waals surface area contributed by atoms with Gasteiger partial charge in [-0.05, 0) is 24.1 Å². The lowest BCUT2D eigenvalue weighted by Gasteiger charge is -2.08. The van der Waals surface area contributed by atoms with E-state index >= 15 is 0 Å². The van der Waals surface area contributed by atoms with E-state index in [0.29, 0.717) is 6.42 Å². The van der Waals surface area contributed by atoms with Crippen molar-refractivity contribution in [2.45, 2.75) is 6.42 Å². The Balaban J connectivity index is 2.38. The largest absolute Gasteiger partial charge is 0.508 e. The molecule has 1 rings (SSSR count). The third kappa shape index (κ3) is 4.44. The number of phosphoric acid groups is 1. The van der Waals surface area contributed by atoms with Gasteiger partial charge < -0.3 is 10.00 Å². The molecule has 0 heterocycles. The number of aromatic hydroxyl groups is 1. The number of hydrogen-bond donors (Lipinski definition) is 2. The lowest BCUT2D eigenvalue weighted by molar-refractivity contribution is 0.175. The Morgan fingerprint density at radius 3 is 2.47 bits per heavy atom. The Morgan fingerprint density at radius 2 is 1.93 bits per heavy atom. The Labute approximate surface area is 87.9 Å². The van der Waals surface area contributed by atoms with Gasteiger partial charge in [-0.2, -0.15) is 0 Å². The van der Waals surface area contributed by atoms with Gasteiger partial charge in [-0.15, -0.1) is 0 Å². The molecule has 1 atom stereocenters. The molecule has 0 saturated carbocycles. The highest BCUT2D eigenvalue weighted by Gasteiger charge is 2.17. The molecule has 84 valence electrons. The molecule has 0 aliphatic carbocycles. The van der Waals surface area contributed by atoms with Crippen molar-refractivity contribution in [2.24, 2.45) is 0 Å². The summed E-state index contributed by atoms with van der Waals surface area (Å²) >= 11 is 0. The van der Waals surface area contributed by atoms with Crippen molar-refractivity contribution >= 4 is 7.82 Å². The SMILES string of the molecule is COP(=O)(O)OCCc1ccc(O)cc1. The minimum Gasteiger partial charge on any atom is -0.508 e. The molecule has 2 N–H and O–H groups in total. The first kappa shape index (κ1) is 12.2. The summed E-state index contributed by atoms with van der Waals surface area (Å²) in [5.74, 6) is 0.185. The van der Waals surface area contributed by atoms with Crippen LogP contribution in [0.25, 0.3) is 0 Å². The van der Waals surface area contributed by atoms with Crippen LogP contribution >= 0.6 is 7.82 Å². The molecule has 0 bridgehead atoms. The van der Waals surface area contributed by atoms with Crippen LogP contribution in [0.3, 0.4) is 0 Å². The maximum Gasteiger partial charge on any atom is 0.471 e. The van der Waals surface area contributed by atoms with Gasteiger partial charge in [-0.3, -0.25) is 9.05 Å². The van der Waals surface area contributed by atoms with Crippen LogP contribution in [0.5, 0.6) is 5.75 Å². The predicted molar refractivity (Wildman–Crippen MR) is 54.6 cm³/mol. The summed E-state index contributed by atoms with van der Waals surface area (Å²) in [5, 5.41) is 9.01. The van der Waals surface area contributed by atoms with E-state index in [1.54, 1.807) is 24.3 Å². The molecule has 15 heavy (non-hydrogen) atoms. The second kappa shape index (κ2) is 5.28. The average molecular weight is 232 g/mol. The van der Waals surface area contributed by atoms with Gasteiger partial charge in [0, 0.05) is 7.11 Å². The lowest BCUT2D eigenvalue weighted by atomic mass is 10.2. The molecule has 5 nitrogen and oxygen atoms in total. The summed E-state index contributed by atoms with van der Waals surface area (Å²) in [6.07, 6.45) is 0.480. The molecule has 0 fully saturated rings. The molecule has 1 aromatic rings. The highest BCUT2D eigenvalue weighted by Crippen LogP contribution is 2.41. The van der Waals surface area contributed by atoms with Crippen LogP contribution < -0.4 is 0 Å². The fourth-order valence-electron chi connectivity index (χ4n) is 0.994. The molecule has 0 saturated heterocycles. The predicted octanol–water partition coefficient (Wildman–Crippen LogP) is 1.70. The summed E-state index contributed by atoms with van der Waals surface area (Å²) in [6, 6.07) is 6.52. The number of phenols is 1.